The Bertz CT molecular complexity index is 494. The number of aryl methyl sites for hydroxylation is 2. The Morgan fingerprint density at radius 2 is 2.39 bits per heavy atom. The third-order valence-electron chi connectivity index (χ3n) is 2.21. The number of nitrogens with zero attached hydrogens (tertiary/aromatic N) is 3. The van der Waals surface area contributed by atoms with Gasteiger partial charge in [-0.2, -0.15) is 5.10 Å². The van der Waals surface area contributed by atoms with Crippen molar-refractivity contribution in [3.05, 3.63) is 23.0 Å². The molecule has 2 aromatic rings. The number of amides is 2. The van der Waals surface area contributed by atoms with Gasteiger partial charge in [0.05, 0.1) is 0 Å². The molecule has 0 spiro atoms. The van der Waals surface area contributed by atoms with Gasteiger partial charge in [-0.25, -0.2) is 4.79 Å². The van der Waals surface area contributed by atoms with Gasteiger partial charge in [0.2, 0.25) is 5.13 Å². The monoisotopic (exact) mass is 266 g/mol. The first-order chi connectivity index (χ1) is 8.74. The summed E-state index contributed by atoms with van der Waals surface area (Å²) in [6.07, 6.45) is 3.43. The molecule has 8 heteroatoms. The molecule has 0 bridgehead atoms. The van der Waals surface area contributed by atoms with Gasteiger partial charge in [-0.05, 0) is 25.8 Å². The van der Waals surface area contributed by atoms with E-state index in [0.29, 0.717) is 11.7 Å². The molecule has 0 aliphatic rings. The van der Waals surface area contributed by atoms with Crippen LogP contribution in [-0.4, -0.2) is 33.0 Å². The van der Waals surface area contributed by atoms with Crippen molar-refractivity contribution >= 4 is 22.5 Å². The summed E-state index contributed by atoms with van der Waals surface area (Å²) in [6.45, 7) is 2.44. The SMILES string of the molecule is Cc1nnc(NC(=O)NCCCc2ccn[nH]2)s1. The number of carbonyl (C=O) groups excluding carboxylic acids is 1. The van der Waals surface area contributed by atoms with Crippen molar-refractivity contribution in [1.82, 2.24) is 25.7 Å². The van der Waals surface area contributed by atoms with Crippen LogP contribution in [0.2, 0.25) is 0 Å². The summed E-state index contributed by atoms with van der Waals surface area (Å²) in [7, 11) is 0. The van der Waals surface area contributed by atoms with Crippen LogP contribution in [0.1, 0.15) is 17.1 Å². The highest BCUT2D eigenvalue weighted by Gasteiger charge is 2.05. The fraction of sp³-hybridized carbons (Fsp3) is 0.400. The highest BCUT2D eigenvalue weighted by Crippen LogP contribution is 2.12. The fourth-order valence-electron chi connectivity index (χ4n) is 1.39. The van der Waals surface area contributed by atoms with Crippen molar-refractivity contribution in [2.75, 3.05) is 11.9 Å². The van der Waals surface area contributed by atoms with Gasteiger partial charge >= 0.3 is 6.03 Å². The third kappa shape index (κ3) is 3.81. The normalized spacial score (nSPS) is 10.3. The number of aromatic nitrogens is 4. The summed E-state index contributed by atoms with van der Waals surface area (Å²) in [4.78, 5) is 11.5. The lowest BCUT2D eigenvalue weighted by Gasteiger charge is -2.04. The largest absolute Gasteiger partial charge is 0.338 e. The third-order valence-corrected chi connectivity index (χ3v) is 2.97. The van der Waals surface area contributed by atoms with E-state index in [1.54, 1.807) is 6.20 Å². The standard InChI is InChI=1S/C10H14N6OS/c1-7-14-16-10(18-7)13-9(17)11-5-2-3-8-4-6-12-15-8/h4,6H,2-3,5H2,1H3,(H,12,15)(H2,11,13,16,17). The number of hydrogen-bond donors (Lipinski definition) is 3. The Kier molecular flexibility index (Phi) is 4.24. The van der Waals surface area contributed by atoms with Crippen LogP contribution < -0.4 is 10.6 Å². The zero-order valence-corrected chi connectivity index (χ0v) is 10.8. The maximum absolute atomic E-state index is 11.5. The number of hydrogen-bond acceptors (Lipinski definition) is 5. The number of H-pyrrole nitrogens is 1. The lowest BCUT2D eigenvalue weighted by atomic mass is 10.2. The van der Waals surface area contributed by atoms with Crippen molar-refractivity contribution in [1.29, 1.82) is 0 Å². The highest BCUT2D eigenvalue weighted by atomic mass is 32.1. The summed E-state index contributed by atoms with van der Waals surface area (Å²) < 4.78 is 0. The van der Waals surface area contributed by atoms with Crippen molar-refractivity contribution in [3.63, 3.8) is 0 Å². The number of rotatable bonds is 5. The van der Waals surface area contributed by atoms with Crippen LogP contribution in [0.25, 0.3) is 0 Å². The molecule has 0 radical (unpaired) electrons. The van der Waals surface area contributed by atoms with Crippen LogP contribution >= 0.6 is 11.3 Å². The minimum absolute atomic E-state index is 0.254. The Labute approximate surface area is 108 Å². The number of urea groups is 1. The molecule has 18 heavy (non-hydrogen) atoms. The van der Waals surface area contributed by atoms with E-state index in [1.165, 1.54) is 11.3 Å². The van der Waals surface area contributed by atoms with Crippen molar-refractivity contribution < 1.29 is 4.79 Å². The van der Waals surface area contributed by atoms with Crippen LogP contribution in [-0.2, 0) is 6.42 Å². The van der Waals surface area contributed by atoms with Gasteiger partial charge in [-0.15, -0.1) is 10.2 Å². The van der Waals surface area contributed by atoms with Gasteiger partial charge in [0.1, 0.15) is 5.01 Å². The molecule has 2 aromatic heterocycles. The molecule has 0 unspecified atom stereocenters. The summed E-state index contributed by atoms with van der Waals surface area (Å²) >= 11 is 1.35. The van der Waals surface area contributed by atoms with Crippen LogP contribution in [0.15, 0.2) is 12.3 Å². The molecule has 96 valence electrons. The van der Waals surface area contributed by atoms with Gasteiger partial charge in [0, 0.05) is 18.4 Å². The van der Waals surface area contributed by atoms with E-state index in [1.807, 2.05) is 13.0 Å². The molecule has 2 heterocycles. The van der Waals surface area contributed by atoms with Gasteiger partial charge in [-0.1, -0.05) is 11.3 Å². The molecule has 7 nitrogen and oxygen atoms in total. The van der Waals surface area contributed by atoms with E-state index in [9.17, 15) is 4.79 Å². The Morgan fingerprint density at radius 3 is 3.06 bits per heavy atom. The lowest BCUT2D eigenvalue weighted by Crippen LogP contribution is -2.29. The molecule has 0 atom stereocenters. The molecule has 2 rings (SSSR count). The molecule has 0 saturated heterocycles. The first-order valence-corrected chi connectivity index (χ1v) is 6.39. The van der Waals surface area contributed by atoms with E-state index in [2.05, 4.69) is 31.0 Å². The zero-order valence-electron chi connectivity index (χ0n) is 9.93. The molecular formula is C10H14N6OS. The molecule has 0 aliphatic carbocycles. The molecule has 0 aliphatic heterocycles. The number of aromatic amines is 1. The lowest BCUT2D eigenvalue weighted by molar-refractivity contribution is 0.252. The average Bonchev–Trinajstić information content (AvgIpc) is 2.96. The summed E-state index contributed by atoms with van der Waals surface area (Å²) in [5.74, 6) is 0. The quantitative estimate of drug-likeness (QED) is 0.711. The topological polar surface area (TPSA) is 95.6 Å². The predicted molar refractivity (Wildman–Crippen MR) is 68.6 cm³/mol. The molecule has 0 saturated carbocycles. The fourth-order valence-corrected chi connectivity index (χ4v) is 1.98. The van der Waals surface area contributed by atoms with Crippen LogP contribution in [0.4, 0.5) is 9.93 Å². The molecular weight excluding hydrogens is 252 g/mol. The maximum atomic E-state index is 11.5. The second-order valence-corrected chi connectivity index (χ2v) is 4.87. The first-order valence-electron chi connectivity index (χ1n) is 5.57. The van der Waals surface area contributed by atoms with Crippen LogP contribution in [0.3, 0.4) is 0 Å². The summed E-state index contributed by atoms with van der Waals surface area (Å²) in [6, 6.07) is 1.67. The second kappa shape index (κ2) is 6.10. The molecule has 3 N–H and O–H groups in total. The van der Waals surface area contributed by atoms with E-state index in [4.69, 9.17) is 0 Å². The Balaban J connectivity index is 1.63. The second-order valence-electron chi connectivity index (χ2n) is 3.69. The van der Waals surface area contributed by atoms with E-state index in [-0.39, 0.29) is 6.03 Å². The smallest absolute Gasteiger partial charge is 0.321 e. The van der Waals surface area contributed by atoms with Gasteiger partial charge in [-0.3, -0.25) is 10.4 Å². The zero-order chi connectivity index (χ0) is 12.8. The minimum Gasteiger partial charge on any atom is -0.338 e. The highest BCUT2D eigenvalue weighted by molar-refractivity contribution is 7.15. The van der Waals surface area contributed by atoms with Gasteiger partial charge in [0.25, 0.3) is 0 Å². The van der Waals surface area contributed by atoms with Crippen LogP contribution in [0, 0.1) is 6.92 Å². The average molecular weight is 266 g/mol. The molecule has 0 aromatic carbocycles. The van der Waals surface area contributed by atoms with Gasteiger partial charge in [0.15, 0.2) is 0 Å². The first kappa shape index (κ1) is 12.5. The molecule has 0 fully saturated rings. The summed E-state index contributed by atoms with van der Waals surface area (Å²) in [5.41, 5.74) is 1.07. The van der Waals surface area contributed by atoms with Crippen molar-refractivity contribution in [3.8, 4) is 0 Å². The number of nitrogens with one attached hydrogen (secondary N) is 3. The Morgan fingerprint density at radius 1 is 1.50 bits per heavy atom. The number of carbonyl (C=O) groups is 1. The number of anilines is 1. The predicted octanol–water partition coefficient (Wildman–Crippen LogP) is 1.32. The van der Waals surface area contributed by atoms with Gasteiger partial charge < -0.3 is 5.32 Å². The van der Waals surface area contributed by atoms with Crippen LogP contribution in [0.5, 0.6) is 0 Å². The van der Waals surface area contributed by atoms with Crippen molar-refractivity contribution in [2.24, 2.45) is 0 Å². The minimum atomic E-state index is -0.254. The van der Waals surface area contributed by atoms with E-state index < -0.39 is 0 Å². The molecule has 2 amide bonds. The van der Waals surface area contributed by atoms with Crippen molar-refractivity contribution in [2.45, 2.75) is 19.8 Å². The van der Waals surface area contributed by atoms with E-state index in [0.717, 1.165) is 23.5 Å². The Hall–Kier alpha value is -1.96. The van der Waals surface area contributed by atoms with E-state index >= 15 is 0 Å². The summed E-state index contributed by atoms with van der Waals surface area (Å²) in [5, 5.41) is 21.1. The maximum Gasteiger partial charge on any atom is 0.321 e.